The van der Waals surface area contributed by atoms with Crippen LogP contribution in [0.25, 0.3) is 0 Å². The molecule has 0 saturated heterocycles. The quantitative estimate of drug-likeness (QED) is 0.717. The Labute approximate surface area is 122 Å². The molecule has 0 fully saturated rings. The molecule has 0 heterocycles. The Bertz CT molecular complexity index is 722. The fraction of sp³-hybridized carbons (Fsp3) is 0.0714. The topological polar surface area (TPSA) is 33.0 Å². The van der Waals surface area contributed by atoms with Gasteiger partial charge in [-0.05, 0) is 30.3 Å². The van der Waals surface area contributed by atoms with Gasteiger partial charge in [0, 0.05) is 0 Å². The second-order valence-electron chi connectivity index (χ2n) is 3.97. The van der Waals surface area contributed by atoms with Crippen LogP contribution in [0.4, 0.5) is 17.6 Å². The Morgan fingerprint density at radius 1 is 1.14 bits per heavy atom. The zero-order valence-electron chi connectivity index (χ0n) is 10.2. The third-order valence-corrected chi connectivity index (χ3v) is 2.87. The van der Waals surface area contributed by atoms with Crippen molar-refractivity contribution in [3.63, 3.8) is 0 Å². The van der Waals surface area contributed by atoms with Crippen molar-refractivity contribution in [2.45, 2.75) is 6.18 Å². The highest BCUT2D eigenvalue weighted by Gasteiger charge is 2.34. The van der Waals surface area contributed by atoms with Gasteiger partial charge in [0.2, 0.25) is 0 Å². The van der Waals surface area contributed by atoms with Crippen molar-refractivity contribution in [2.24, 2.45) is 0 Å². The second kappa shape index (κ2) is 5.62. The third kappa shape index (κ3) is 3.26. The molecule has 2 nitrogen and oxygen atoms in total. The third-order valence-electron chi connectivity index (χ3n) is 2.56. The SMILES string of the molecule is N#Cc1c(Cl)cccc1Oc1ccc(F)c(C(F)(F)F)c1. The number of hydrogen-bond donors (Lipinski definition) is 0. The molecular weight excluding hydrogens is 310 g/mol. The van der Waals surface area contributed by atoms with E-state index in [9.17, 15) is 17.6 Å². The van der Waals surface area contributed by atoms with Crippen molar-refractivity contribution in [1.29, 1.82) is 5.26 Å². The highest BCUT2D eigenvalue weighted by atomic mass is 35.5. The van der Waals surface area contributed by atoms with E-state index in [1.165, 1.54) is 18.2 Å². The Hall–Kier alpha value is -2.26. The van der Waals surface area contributed by atoms with Gasteiger partial charge >= 0.3 is 6.18 Å². The van der Waals surface area contributed by atoms with E-state index in [4.69, 9.17) is 21.6 Å². The zero-order chi connectivity index (χ0) is 15.6. The minimum atomic E-state index is -4.84. The van der Waals surface area contributed by atoms with Crippen LogP contribution >= 0.6 is 11.6 Å². The first-order valence-electron chi connectivity index (χ1n) is 5.56. The summed E-state index contributed by atoms with van der Waals surface area (Å²) in [6, 6.07) is 8.29. The average Bonchev–Trinajstić information content (AvgIpc) is 2.40. The largest absolute Gasteiger partial charge is 0.456 e. The van der Waals surface area contributed by atoms with E-state index in [0.717, 1.165) is 6.07 Å². The molecule has 0 bridgehead atoms. The van der Waals surface area contributed by atoms with E-state index in [-0.39, 0.29) is 22.1 Å². The molecule has 0 N–H and O–H groups in total. The Kier molecular flexibility index (Phi) is 4.05. The summed E-state index contributed by atoms with van der Waals surface area (Å²) >= 11 is 5.78. The highest BCUT2D eigenvalue weighted by Crippen LogP contribution is 2.36. The second-order valence-corrected chi connectivity index (χ2v) is 4.37. The first-order chi connectivity index (χ1) is 9.82. The summed E-state index contributed by atoms with van der Waals surface area (Å²) in [7, 11) is 0. The van der Waals surface area contributed by atoms with E-state index in [1.807, 2.05) is 0 Å². The van der Waals surface area contributed by atoms with Gasteiger partial charge in [0.15, 0.2) is 0 Å². The molecule has 0 aliphatic rings. The fourth-order valence-electron chi connectivity index (χ4n) is 1.61. The van der Waals surface area contributed by atoms with Crippen LogP contribution in [0, 0.1) is 17.1 Å². The lowest BCUT2D eigenvalue weighted by atomic mass is 10.2. The van der Waals surface area contributed by atoms with Gasteiger partial charge in [-0.2, -0.15) is 18.4 Å². The summed E-state index contributed by atoms with van der Waals surface area (Å²) < 4.78 is 56.2. The summed E-state index contributed by atoms with van der Waals surface area (Å²) in [6.45, 7) is 0. The smallest absolute Gasteiger partial charge is 0.419 e. The average molecular weight is 316 g/mol. The van der Waals surface area contributed by atoms with Gasteiger partial charge in [0.1, 0.15) is 28.9 Å². The Morgan fingerprint density at radius 3 is 2.48 bits per heavy atom. The molecule has 0 spiro atoms. The van der Waals surface area contributed by atoms with Crippen LogP contribution in [0.2, 0.25) is 5.02 Å². The summed E-state index contributed by atoms with van der Waals surface area (Å²) in [6.07, 6.45) is -4.84. The van der Waals surface area contributed by atoms with Crippen molar-refractivity contribution in [3.05, 3.63) is 58.4 Å². The molecule has 0 unspecified atom stereocenters. The van der Waals surface area contributed by atoms with Gasteiger partial charge in [0.25, 0.3) is 0 Å². The summed E-state index contributed by atoms with van der Waals surface area (Å²) in [5.74, 6) is -1.66. The van der Waals surface area contributed by atoms with Gasteiger partial charge in [-0.1, -0.05) is 17.7 Å². The van der Waals surface area contributed by atoms with Crippen LogP contribution in [0.15, 0.2) is 36.4 Å². The zero-order valence-corrected chi connectivity index (χ0v) is 11.0. The number of ether oxygens (including phenoxy) is 1. The van der Waals surface area contributed by atoms with Crippen LogP contribution < -0.4 is 4.74 Å². The Morgan fingerprint density at radius 2 is 1.86 bits per heavy atom. The molecule has 0 atom stereocenters. The van der Waals surface area contributed by atoms with Crippen LogP contribution in [0.3, 0.4) is 0 Å². The lowest BCUT2D eigenvalue weighted by molar-refractivity contribution is -0.140. The molecule has 2 rings (SSSR count). The maximum atomic E-state index is 13.2. The first-order valence-corrected chi connectivity index (χ1v) is 5.94. The molecule has 0 aliphatic heterocycles. The van der Waals surface area contributed by atoms with Gasteiger partial charge in [-0.3, -0.25) is 0 Å². The van der Waals surface area contributed by atoms with Crippen molar-refractivity contribution in [3.8, 4) is 17.6 Å². The van der Waals surface area contributed by atoms with E-state index < -0.39 is 17.6 Å². The summed E-state index contributed by atoms with van der Waals surface area (Å²) in [4.78, 5) is 0. The number of nitrogens with zero attached hydrogens (tertiary/aromatic N) is 1. The molecule has 21 heavy (non-hydrogen) atoms. The van der Waals surface area contributed by atoms with Gasteiger partial charge < -0.3 is 4.74 Å². The predicted octanol–water partition coefficient (Wildman–Crippen LogP) is 5.16. The minimum Gasteiger partial charge on any atom is -0.456 e. The summed E-state index contributed by atoms with van der Waals surface area (Å²) in [5.41, 5.74) is -1.46. The van der Waals surface area contributed by atoms with Crippen LogP contribution in [-0.4, -0.2) is 0 Å². The number of alkyl halides is 3. The number of rotatable bonds is 2. The number of benzene rings is 2. The molecule has 0 aromatic heterocycles. The first kappa shape index (κ1) is 15.1. The number of nitriles is 1. The maximum absolute atomic E-state index is 13.2. The molecule has 0 radical (unpaired) electrons. The van der Waals surface area contributed by atoms with Crippen LogP contribution in [0.5, 0.6) is 11.5 Å². The van der Waals surface area contributed by atoms with Crippen LogP contribution in [0.1, 0.15) is 11.1 Å². The van der Waals surface area contributed by atoms with E-state index >= 15 is 0 Å². The van der Waals surface area contributed by atoms with E-state index in [0.29, 0.717) is 12.1 Å². The van der Waals surface area contributed by atoms with Crippen molar-refractivity contribution in [1.82, 2.24) is 0 Å². The van der Waals surface area contributed by atoms with Crippen molar-refractivity contribution < 1.29 is 22.3 Å². The van der Waals surface area contributed by atoms with Gasteiger partial charge in [-0.15, -0.1) is 0 Å². The molecule has 0 aliphatic carbocycles. The van der Waals surface area contributed by atoms with Crippen molar-refractivity contribution >= 4 is 11.6 Å². The lowest BCUT2D eigenvalue weighted by Gasteiger charge is -2.12. The molecule has 2 aromatic carbocycles. The Balaban J connectivity index is 2.42. The van der Waals surface area contributed by atoms with Crippen LogP contribution in [-0.2, 0) is 6.18 Å². The lowest BCUT2D eigenvalue weighted by Crippen LogP contribution is -2.08. The normalized spacial score (nSPS) is 11.0. The van der Waals surface area contributed by atoms with Crippen molar-refractivity contribution in [2.75, 3.05) is 0 Å². The van der Waals surface area contributed by atoms with E-state index in [1.54, 1.807) is 6.07 Å². The number of hydrogen-bond acceptors (Lipinski definition) is 2. The standard InChI is InChI=1S/C14H6ClF4NO/c15-11-2-1-3-13(9(11)7-20)21-8-4-5-12(16)10(6-8)14(17,18)19/h1-6H. The minimum absolute atomic E-state index is 0.00951. The molecule has 0 amide bonds. The maximum Gasteiger partial charge on any atom is 0.419 e. The van der Waals surface area contributed by atoms with E-state index in [2.05, 4.69) is 0 Å². The highest BCUT2D eigenvalue weighted by molar-refractivity contribution is 6.31. The monoisotopic (exact) mass is 315 g/mol. The molecule has 108 valence electrons. The molecule has 2 aromatic rings. The predicted molar refractivity (Wildman–Crippen MR) is 67.6 cm³/mol. The summed E-state index contributed by atoms with van der Waals surface area (Å²) in [5, 5.41) is 9.06. The molecular formula is C14H6ClF4NO. The molecule has 7 heteroatoms. The molecule has 0 saturated carbocycles. The van der Waals surface area contributed by atoms with Gasteiger partial charge in [-0.25, -0.2) is 4.39 Å². The number of halogens is 5. The fourth-order valence-corrected chi connectivity index (χ4v) is 1.82. The van der Waals surface area contributed by atoms with Gasteiger partial charge in [0.05, 0.1) is 10.6 Å².